The van der Waals surface area contributed by atoms with Crippen LogP contribution in [0.2, 0.25) is 36.3 Å². The first-order chi connectivity index (χ1) is 37.9. The van der Waals surface area contributed by atoms with Crippen molar-refractivity contribution in [2.45, 2.75) is 199 Å². The molecule has 1 aliphatic heterocycles. The summed E-state index contributed by atoms with van der Waals surface area (Å²) in [6.45, 7) is 23.5. The van der Waals surface area contributed by atoms with Gasteiger partial charge in [0.25, 0.3) is 5.91 Å². The predicted molar refractivity (Wildman–Crippen MR) is 306 cm³/mol. The van der Waals surface area contributed by atoms with Crippen molar-refractivity contribution in [1.29, 1.82) is 0 Å². The molecule has 3 aromatic carbocycles. The minimum Gasteiger partial charge on any atom is -0.494 e. The number of ether oxygens (including phenoxy) is 6. The van der Waals surface area contributed by atoms with Gasteiger partial charge in [-0.25, -0.2) is 9.59 Å². The Bertz CT molecular complexity index is 2750. The highest BCUT2D eigenvalue weighted by molar-refractivity contribution is 6.74. The summed E-state index contributed by atoms with van der Waals surface area (Å²) >= 11 is 0. The van der Waals surface area contributed by atoms with Crippen LogP contribution in [-0.4, -0.2) is 118 Å². The van der Waals surface area contributed by atoms with Crippen LogP contribution in [0.5, 0.6) is 5.75 Å². The van der Waals surface area contributed by atoms with Crippen LogP contribution in [0, 0.1) is 16.7 Å². The van der Waals surface area contributed by atoms with E-state index in [0.29, 0.717) is 71.7 Å². The molecule has 7 rings (SSSR count). The highest BCUT2D eigenvalue weighted by atomic mass is 28.4. The number of nitrogens with one attached hydrogen (secondary N) is 1. The Morgan fingerprint density at radius 3 is 1.91 bits per heavy atom. The van der Waals surface area contributed by atoms with Crippen molar-refractivity contribution in [3.8, 4) is 5.75 Å². The molecule has 0 spiro atoms. The normalized spacial score (nSPS) is 27.8. The third-order valence-electron chi connectivity index (χ3n) is 18.6. The number of carbonyl (C=O) groups excluding carboxylic acids is 6. The maximum absolute atomic E-state index is 16.7. The summed E-state index contributed by atoms with van der Waals surface area (Å²) < 4.78 is 53.4. The molecule has 0 unspecified atom stereocenters. The maximum Gasteiger partial charge on any atom is 0.338 e. The lowest BCUT2D eigenvalue weighted by Gasteiger charge is -2.68. The molecule has 0 aromatic heterocycles. The highest BCUT2D eigenvalue weighted by Gasteiger charge is 2.79. The lowest BCUT2D eigenvalue weighted by molar-refractivity contribution is -0.344. The van der Waals surface area contributed by atoms with E-state index < -0.39 is 129 Å². The number of fused-ring (bicyclic) bond motifs is 5. The van der Waals surface area contributed by atoms with Gasteiger partial charge >= 0.3 is 23.9 Å². The zero-order valence-electron chi connectivity index (χ0n) is 49.1. The fraction of sp³-hybridized carbons (Fsp3) is 0.581. The zero-order chi connectivity index (χ0) is 58.6. The molecule has 2 saturated carbocycles. The lowest BCUT2D eigenvalue weighted by Crippen LogP contribution is -2.82. The first-order valence-corrected chi connectivity index (χ1v) is 33.9. The van der Waals surface area contributed by atoms with Gasteiger partial charge in [-0.15, -0.1) is 0 Å². The Balaban J connectivity index is 1.50. The number of Topliss-reactive ketones (excluding diaryl/α,β-unsaturated/α-hetero) is 1. The number of hydrogen-bond donors (Lipinski definition) is 2. The summed E-state index contributed by atoms with van der Waals surface area (Å²) in [5, 5.41) is 17.7. The lowest BCUT2D eigenvalue weighted by atomic mass is 9.44. The van der Waals surface area contributed by atoms with Gasteiger partial charge in [-0.05, 0) is 104 Å². The topological polar surface area (TPSA) is 209 Å². The number of aliphatic hydroxyl groups is 1. The molecular formula is C62H85NO15Si2. The average Bonchev–Trinajstić information content (AvgIpc) is 3.45. The van der Waals surface area contributed by atoms with Crippen molar-refractivity contribution in [3.05, 3.63) is 113 Å². The van der Waals surface area contributed by atoms with Crippen LogP contribution < -0.4 is 10.1 Å². The van der Waals surface area contributed by atoms with E-state index in [1.807, 2.05) is 33.8 Å². The van der Waals surface area contributed by atoms with Crippen LogP contribution in [-0.2, 0) is 51.7 Å². The van der Waals surface area contributed by atoms with E-state index in [0.717, 1.165) is 0 Å². The Morgan fingerprint density at radius 1 is 0.762 bits per heavy atom. The van der Waals surface area contributed by atoms with E-state index in [2.05, 4.69) is 26.1 Å². The number of esters is 4. The molecule has 3 fully saturated rings. The molecule has 2 bridgehead atoms. The van der Waals surface area contributed by atoms with E-state index in [1.165, 1.54) is 19.9 Å². The quantitative estimate of drug-likeness (QED) is 0.0392. The summed E-state index contributed by atoms with van der Waals surface area (Å²) in [6, 6.07) is 27.0. The molecule has 0 radical (unpaired) electrons. The molecule has 3 aromatic rings. The number of hydrogen-bond acceptors (Lipinski definition) is 15. The van der Waals surface area contributed by atoms with E-state index >= 15 is 14.4 Å². The zero-order valence-corrected chi connectivity index (χ0v) is 51.1. The number of benzene rings is 3. The molecule has 1 saturated heterocycles. The van der Waals surface area contributed by atoms with Crippen LogP contribution in [0.25, 0.3) is 0 Å². The molecule has 2 N–H and O–H groups in total. The van der Waals surface area contributed by atoms with Gasteiger partial charge in [0.1, 0.15) is 29.7 Å². The highest BCUT2D eigenvalue weighted by Crippen LogP contribution is 2.65. The first-order valence-electron chi connectivity index (χ1n) is 28.8. The van der Waals surface area contributed by atoms with Crippen molar-refractivity contribution >= 4 is 52.2 Å². The smallest absolute Gasteiger partial charge is 0.338 e. The SMILES string of the molecule is CCCOc1cccc(C(=O)O[C@H]2[C@@H]3[C@]4(OC(C)=O)CO[C@@H]4C[C@H](O[Si](CC)(CC)CC)[C@@]3(C)C(=O)[C@H](OC(C)=O)C3=C(C)[C@@H](OC(=O)[C@H](O[Si](CC)(CC)CC)[C@@H](NC(=O)c4ccccc4)c4ccccc4)C[C@]2(O)C3(C)C)c1. The summed E-state index contributed by atoms with van der Waals surface area (Å²) in [5.74, 6) is -5.44. The van der Waals surface area contributed by atoms with Crippen LogP contribution in [0.4, 0.5) is 0 Å². The summed E-state index contributed by atoms with van der Waals surface area (Å²) in [5.41, 5.74) is -6.17. The van der Waals surface area contributed by atoms with E-state index in [9.17, 15) is 19.5 Å². The van der Waals surface area contributed by atoms with Crippen molar-refractivity contribution in [2.24, 2.45) is 16.7 Å². The standard InChI is InChI=1S/C62H85NO15Si2/c1-14-34-71-45-33-27-32-44(35-45)57(68)75-55-53-60(13,47(77-79(15-2,16-3)17-4)36-48-61(53,38-72-48)76-41(10)65)54(66)51(73-40(9)64)49-39(8)46(37-62(55,70)59(49,11)12)74-58(69)52(78-80(18-5,19-6)20-7)50(42-28-23-21-24-29-42)63-56(67)43-30-25-22-26-31-43/h21-33,35,46-48,50-53,55,70H,14-20,34,36-38H2,1-13H3,(H,63,67)/t46-,47-,48+,50-,51+,52+,53-,55-,60+,61-,62+/m0/s1. The number of rotatable bonds is 23. The molecule has 3 aliphatic carbocycles. The second-order valence-corrected chi connectivity index (χ2v) is 32.5. The summed E-state index contributed by atoms with van der Waals surface area (Å²) in [6.07, 6.45) is -7.95. The van der Waals surface area contributed by atoms with Crippen molar-refractivity contribution in [3.63, 3.8) is 0 Å². The van der Waals surface area contributed by atoms with Crippen LogP contribution in [0.3, 0.4) is 0 Å². The van der Waals surface area contributed by atoms with Gasteiger partial charge in [-0.3, -0.25) is 19.2 Å². The monoisotopic (exact) mass is 1140 g/mol. The fourth-order valence-electron chi connectivity index (χ4n) is 13.4. The van der Waals surface area contributed by atoms with E-state index in [1.54, 1.807) is 100 Å². The van der Waals surface area contributed by atoms with Gasteiger partial charge in [0, 0.05) is 37.7 Å². The Hall–Kier alpha value is -5.51. The minimum atomic E-state index is -2.77. The summed E-state index contributed by atoms with van der Waals surface area (Å²) in [7, 11) is -5.45. The third-order valence-corrected chi connectivity index (χ3v) is 27.9. The molecule has 4 aliphatic rings. The number of carbonyl (C=O) groups is 6. The first kappa shape index (κ1) is 62.1. The van der Waals surface area contributed by atoms with Gasteiger partial charge in [0.05, 0.1) is 42.3 Å². The Labute approximate surface area is 474 Å². The Kier molecular flexibility index (Phi) is 19.3. The number of amides is 1. The minimum absolute atomic E-state index is 0.0690. The van der Waals surface area contributed by atoms with Crippen LogP contribution >= 0.6 is 0 Å². The second kappa shape index (κ2) is 24.9. The molecule has 11 atom stereocenters. The number of ketones is 1. The molecule has 1 heterocycles. The van der Waals surface area contributed by atoms with Gasteiger partial charge in [0.15, 0.2) is 40.2 Å². The fourth-order valence-corrected chi connectivity index (χ4v) is 19.1. The van der Waals surface area contributed by atoms with Gasteiger partial charge in [0.2, 0.25) is 0 Å². The maximum atomic E-state index is 16.7. The third kappa shape index (κ3) is 11.5. The molecule has 1 amide bonds. The Morgan fingerprint density at radius 2 is 1.36 bits per heavy atom. The largest absolute Gasteiger partial charge is 0.494 e. The van der Waals surface area contributed by atoms with Crippen LogP contribution in [0.15, 0.2) is 96.1 Å². The van der Waals surface area contributed by atoms with Crippen molar-refractivity contribution in [1.82, 2.24) is 5.32 Å². The van der Waals surface area contributed by atoms with Gasteiger partial charge in [-0.1, -0.05) is 117 Å². The predicted octanol–water partition coefficient (Wildman–Crippen LogP) is 10.6. The van der Waals surface area contributed by atoms with Crippen molar-refractivity contribution in [2.75, 3.05) is 13.2 Å². The van der Waals surface area contributed by atoms with Crippen LogP contribution in [0.1, 0.15) is 142 Å². The van der Waals surface area contributed by atoms with Crippen molar-refractivity contribution < 1.29 is 71.1 Å². The van der Waals surface area contributed by atoms with Gasteiger partial charge < -0.3 is 47.7 Å². The molecule has 80 heavy (non-hydrogen) atoms. The summed E-state index contributed by atoms with van der Waals surface area (Å²) in [4.78, 5) is 89.5. The van der Waals surface area contributed by atoms with E-state index in [4.69, 9.17) is 37.3 Å². The average molecular weight is 1140 g/mol. The molecular weight excluding hydrogens is 1050 g/mol. The second-order valence-electron chi connectivity index (χ2n) is 23.0. The van der Waals surface area contributed by atoms with E-state index in [-0.39, 0.29) is 24.2 Å². The molecule has 436 valence electrons. The van der Waals surface area contributed by atoms with Gasteiger partial charge in [-0.2, -0.15) is 0 Å². The molecule has 16 nitrogen and oxygen atoms in total. The molecule has 18 heteroatoms.